The second kappa shape index (κ2) is 5.16. The topological polar surface area (TPSA) is 65.3 Å². The molecule has 0 aliphatic heterocycles. The lowest BCUT2D eigenvalue weighted by atomic mass is 10.1. The molecule has 8 heteroatoms. The van der Waals surface area contributed by atoms with Gasteiger partial charge in [0.05, 0.1) is 0 Å². The highest BCUT2D eigenvalue weighted by Crippen LogP contribution is 2.26. The maximum atomic E-state index is 12.0. The van der Waals surface area contributed by atoms with Gasteiger partial charge in [-0.3, -0.25) is 0 Å². The Bertz CT molecular complexity index is 609. The molecule has 1 aromatic carbocycles. The number of ether oxygens (including phenoxy) is 1. The van der Waals surface area contributed by atoms with E-state index in [1.807, 2.05) is 0 Å². The molecule has 0 saturated heterocycles. The second-order valence-corrected chi connectivity index (χ2v) is 3.73. The van der Waals surface area contributed by atoms with Crippen LogP contribution in [-0.2, 0) is 0 Å². The minimum absolute atomic E-state index is 0.300. The lowest BCUT2D eigenvalue weighted by Crippen LogP contribution is -2.16. The van der Waals surface area contributed by atoms with Crippen molar-refractivity contribution in [1.29, 1.82) is 0 Å². The van der Waals surface area contributed by atoms with E-state index in [9.17, 15) is 23.3 Å². The van der Waals surface area contributed by atoms with Gasteiger partial charge in [0, 0.05) is 11.6 Å². The Morgan fingerprint density at radius 1 is 1.05 bits per heavy atom. The number of aromatic nitrogens is 1. The van der Waals surface area contributed by atoms with Crippen LogP contribution in [0, 0.1) is 10.1 Å². The van der Waals surface area contributed by atoms with Crippen LogP contribution < -0.4 is 4.74 Å². The number of alkyl halides is 3. The first-order valence-electron chi connectivity index (χ1n) is 5.32. The number of halogens is 3. The Labute approximate surface area is 110 Å². The molecule has 0 bridgehead atoms. The third kappa shape index (κ3) is 3.44. The minimum Gasteiger partial charge on any atom is -0.406 e. The van der Waals surface area contributed by atoms with Crippen molar-refractivity contribution in [2.75, 3.05) is 0 Å². The number of rotatable bonds is 3. The van der Waals surface area contributed by atoms with Crippen LogP contribution >= 0.6 is 0 Å². The van der Waals surface area contributed by atoms with Crippen molar-refractivity contribution in [2.45, 2.75) is 6.36 Å². The fraction of sp³-hybridized carbons (Fsp3) is 0.0833. The van der Waals surface area contributed by atoms with Crippen LogP contribution in [0.2, 0.25) is 0 Å². The zero-order valence-electron chi connectivity index (χ0n) is 9.79. The van der Waals surface area contributed by atoms with Crippen LogP contribution in [0.5, 0.6) is 5.75 Å². The third-order valence-electron chi connectivity index (χ3n) is 2.36. The van der Waals surface area contributed by atoms with E-state index in [1.165, 1.54) is 30.5 Å². The fourth-order valence-electron chi connectivity index (χ4n) is 1.51. The van der Waals surface area contributed by atoms with Gasteiger partial charge in [0.2, 0.25) is 0 Å². The monoisotopic (exact) mass is 284 g/mol. The Morgan fingerprint density at radius 2 is 1.65 bits per heavy atom. The molecule has 0 amide bonds. The lowest BCUT2D eigenvalue weighted by molar-refractivity contribution is -0.389. The zero-order valence-corrected chi connectivity index (χ0v) is 9.79. The molecule has 1 heterocycles. The first-order chi connectivity index (χ1) is 9.35. The van der Waals surface area contributed by atoms with E-state index in [-0.39, 0.29) is 11.6 Å². The second-order valence-electron chi connectivity index (χ2n) is 3.73. The molecular formula is C12H7F3N2O3. The van der Waals surface area contributed by atoms with Gasteiger partial charge in [0.1, 0.15) is 11.9 Å². The Hall–Kier alpha value is -2.64. The van der Waals surface area contributed by atoms with Crippen molar-refractivity contribution in [3.05, 3.63) is 52.7 Å². The van der Waals surface area contributed by atoms with Gasteiger partial charge in [0.25, 0.3) is 0 Å². The van der Waals surface area contributed by atoms with E-state index >= 15 is 0 Å². The van der Waals surface area contributed by atoms with Crippen LogP contribution in [0.4, 0.5) is 19.0 Å². The summed E-state index contributed by atoms with van der Waals surface area (Å²) < 4.78 is 39.7. The molecular weight excluding hydrogens is 277 g/mol. The Morgan fingerprint density at radius 3 is 2.10 bits per heavy atom. The molecule has 0 aliphatic carbocycles. The fourth-order valence-corrected chi connectivity index (χ4v) is 1.51. The van der Waals surface area contributed by atoms with Crippen LogP contribution in [-0.4, -0.2) is 16.3 Å². The van der Waals surface area contributed by atoms with Gasteiger partial charge in [0.15, 0.2) is 0 Å². The van der Waals surface area contributed by atoms with Gasteiger partial charge in [-0.1, -0.05) is 12.1 Å². The molecule has 5 nitrogen and oxygen atoms in total. The van der Waals surface area contributed by atoms with E-state index in [1.54, 1.807) is 0 Å². The third-order valence-corrected chi connectivity index (χ3v) is 2.36. The summed E-state index contributed by atoms with van der Waals surface area (Å²) in [6.07, 6.45) is -3.46. The number of hydrogen-bond donors (Lipinski definition) is 0. The van der Waals surface area contributed by atoms with Gasteiger partial charge >= 0.3 is 12.2 Å². The summed E-state index contributed by atoms with van der Waals surface area (Å²) in [5.41, 5.74) is 1.12. The highest BCUT2D eigenvalue weighted by Gasteiger charge is 2.30. The van der Waals surface area contributed by atoms with Gasteiger partial charge in [-0.2, -0.15) is 0 Å². The summed E-state index contributed by atoms with van der Waals surface area (Å²) in [4.78, 5) is 13.4. The number of benzene rings is 1. The Kier molecular flexibility index (Phi) is 3.55. The molecule has 104 valence electrons. The predicted molar refractivity (Wildman–Crippen MR) is 63.0 cm³/mol. The smallest absolute Gasteiger partial charge is 0.406 e. The van der Waals surface area contributed by atoms with E-state index in [0.717, 1.165) is 12.1 Å². The van der Waals surface area contributed by atoms with Gasteiger partial charge in [-0.05, 0) is 33.7 Å². The first-order valence-corrected chi connectivity index (χ1v) is 5.32. The summed E-state index contributed by atoms with van der Waals surface area (Å²) in [6.45, 7) is 0. The summed E-state index contributed by atoms with van der Waals surface area (Å²) >= 11 is 0. The van der Waals surface area contributed by atoms with Crippen molar-refractivity contribution in [2.24, 2.45) is 0 Å². The maximum Gasteiger partial charge on any atom is 0.573 e. The Balaban J connectivity index is 2.19. The number of hydrogen-bond acceptors (Lipinski definition) is 4. The molecule has 0 spiro atoms. The van der Waals surface area contributed by atoms with E-state index in [2.05, 4.69) is 9.72 Å². The molecule has 0 N–H and O–H groups in total. The van der Waals surface area contributed by atoms with Crippen molar-refractivity contribution >= 4 is 5.82 Å². The quantitative estimate of drug-likeness (QED) is 0.638. The summed E-state index contributed by atoms with van der Waals surface area (Å²) in [5.74, 6) is -0.637. The number of nitro groups is 1. The zero-order chi connectivity index (χ0) is 14.8. The minimum atomic E-state index is -4.74. The van der Waals surface area contributed by atoms with Crippen LogP contribution in [0.15, 0.2) is 42.6 Å². The van der Waals surface area contributed by atoms with E-state index in [0.29, 0.717) is 11.1 Å². The number of pyridine rings is 1. The highest BCUT2D eigenvalue weighted by molar-refractivity contribution is 5.63. The molecule has 20 heavy (non-hydrogen) atoms. The number of nitrogens with zero attached hydrogens (tertiary/aromatic N) is 2. The van der Waals surface area contributed by atoms with Gasteiger partial charge in [-0.25, -0.2) is 0 Å². The molecule has 0 saturated carbocycles. The molecule has 0 fully saturated rings. The van der Waals surface area contributed by atoms with Crippen molar-refractivity contribution in [1.82, 2.24) is 4.98 Å². The predicted octanol–water partition coefficient (Wildman–Crippen LogP) is 3.56. The lowest BCUT2D eigenvalue weighted by Gasteiger charge is -2.08. The summed E-state index contributed by atoms with van der Waals surface area (Å²) in [5, 5.41) is 10.4. The molecule has 0 unspecified atom stereocenters. The van der Waals surface area contributed by atoms with E-state index in [4.69, 9.17) is 0 Å². The van der Waals surface area contributed by atoms with Gasteiger partial charge < -0.3 is 14.9 Å². The normalized spacial score (nSPS) is 11.2. The van der Waals surface area contributed by atoms with E-state index < -0.39 is 11.3 Å². The molecule has 2 aromatic rings. The average Bonchev–Trinajstić information content (AvgIpc) is 2.38. The molecule has 0 atom stereocenters. The summed E-state index contributed by atoms with van der Waals surface area (Å²) in [6, 6.07) is 7.81. The van der Waals surface area contributed by atoms with Crippen LogP contribution in [0.3, 0.4) is 0 Å². The van der Waals surface area contributed by atoms with Gasteiger partial charge in [-0.15, -0.1) is 13.2 Å². The van der Waals surface area contributed by atoms with Crippen LogP contribution in [0.1, 0.15) is 0 Å². The van der Waals surface area contributed by atoms with Crippen molar-refractivity contribution in [3.63, 3.8) is 0 Å². The summed E-state index contributed by atoms with van der Waals surface area (Å²) in [7, 11) is 0. The molecule has 0 radical (unpaired) electrons. The maximum absolute atomic E-state index is 12.0. The highest BCUT2D eigenvalue weighted by atomic mass is 19.4. The van der Waals surface area contributed by atoms with Crippen molar-refractivity contribution < 1.29 is 22.8 Å². The first kappa shape index (κ1) is 13.8. The van der Waals surface area contributed by atoms with Crippen LogP contribution in [0.25, 0.3) is 11.1 Å². The molecule has 1 aromatic heterocycles. The molecule has 2 rings (SSSR count). The molecule has 0 aliphatic rings. The SMILES string of the molecule is O=[N+]([O-])c1ccc(-c2ccc(OC(F)(F)F)cc2)cn1. The average molecular weight is 284 g/mol. The largest absolute Gasteiger partial charge is 0.573 e. The standard InChI is InChI=1S/C12H7F3N2O3/c13-12(14,15)20-10-4-1-8(2-5-10)9-3-6-11(16-7-9)17(18)19/h1-7H. The van der Waals surface area contributed by atoms with Crippen molar-refractivity contribution in [3.8, 4) is 16.9 Å².